The Balaban J connectivity index is 0.991. The summed E-state index contributed by atoms with van der Waals surface area (Å²) in [4.78, 5) is 10.5. The number of hydrogen-bond acceptors (Lipinski definition) is 4. The third kappa shape index (κ3) is 9.29. The molecule has 0 saturated heterocycles. The van der Waals surface area contributed by atoms with Crippen LogP contribution in [0, 0.1) is 0 Å². The van der Waals surface area contributed by atoms with Crippen LogP contribution in [0.3, 0.4) is 0 Å². The number of para-hydroxylation sites is 2. The number of unbranched alkanes of at least 4 members (excludes halogenated alkanes) is 10. The molecule has 0 aliphatic carbocycles. The molecule has 62 heavy (non-hydrogen) atoms. The molecule has 0 radical (unpaired) electrons. The number of hydrogen-bond donors (Lipinski definition) is 0. The van der Waals surface area contributed by atoms with Crippen LogP contribution in [0.25, 0.3) is 45.8 Å². The molecule has 0 N–H and O–H groups in total. The predicted molar refractivity (Wildman–Crippen MR) is 274 cm³/mol. The van der Waals surface area contributed by atoms with Crippen molar-refractivity contribution >= 4 is 92.1 Å². The second-order valence-electron chi connectivity index (χ2n) is 17.0. The molecular weight excluding hydrogens is 789 g/mol. The van der Waals surface area contributed by atoms with E-state index in [1.54, 1.807) is 0 Å². The first kappa shape index (κ1) is 42.2. The maximum absolute atomic E-state index is 2.57. The molecule has 0 fully saturated rings. The Hall–Kier alpha value is -5.16. The van der Waals surface area contributed by atoms with Crippen molar-refractivity contribution in [1.29, 1.82) is 0 Å². The molecule has 0 spiro atoms. The van der Waals surface area contributed by atoms with Gasteiger partial charge in [0.2, 0.25) is 0 Å². The summed E-state index contributed by atoms with van der Waals surface area (Å²) in [6.45, 7) is 6.70. The Bertz CT molecular complexity index is 2470. The summed E-state index contributed by atoms with van der Waals surface area (Å²) in [6.07, 6.45) is 25.0. The van der Waals surface area contributed by atoms with Crippen LogP contribution >= 0.6 is 23.5 Å². The maximum Gasteiger partial charge on any atom is 0.0553 e. The molecule has 0 unspecified atom stereocenters. The molecule has 9 rings (SSSR count). The lowest BCUT2D eigenvalue weighted by Gasteiger charge is -2.33. The van der Waals surface area contributed by atoms with Gasteiger partial charge in [-0.25, -0.2) is 0 Å². The average Bonchev–Trinajstić information content (AvgIpc) is 3.31. The third-order valence-electron chi connectivity index (χ3n) is 12.7. The van der Waals surface area contributed by atoms with Crippen LogP contribution in [-0.2, 0) is 0 Å². The lowest BCUT2D eigenvalue weighted by molar-refractivity contribution is 0.608. The standard InChI is InChI=1S/C58H60N2S2/c1-3-5-7-9-11-21-39-59-51-27-17-19-29-55(51)61-57-41-43(33-37-53(57)59)31-35-49-45-23-13-15-25-47(45)50(48-26-16-14-24-46(48)49)36-32-44-34-38-54-58(42-44)62-56-30-20-18-28-52(56)60(54)40-22-12-10-8-6-4-2/h13-20,23-38,41-42H,3-12,21-22,39-40H2,1-2H3/b35-31+,36-32+. The van der Waals surface area contributed by atoms with E-state index in [9.17, 15) is 0 Å². The second-order valence-corrected chi connectivity index (χ2v) is 19.2. The van der Waals surface area contributed by atoms with Gasteiger partial charge in [-0.15, -0.1) is 0 Å². The highest BCUT2D eigenvalue weighted by Crippen LogP contribution is 2.50. The summed E-state index contributed by atoms with van der Waals surface area (Å²) in [6, 6.07) is 49.9. The number of benzene rings is 7. The second kappa shape index (κ2) is 20.4. The van der Waals surface area contributed by atoms with Crippen LogP contribution in [0.5, 0.6) is 0 Å². The van der Waals surface area contributed by atoms with Crippen LogP contribution in [0.1, 0.15) is 113 Å². The van der Waals surface area contributed by atoms with Gasteiger partial charge in [0, 0.05) is 32.7 Å². The molecule has 314 valence electrons. The van der Waals surface area contributed by atoms with Gasteiger partial charge in [-0.1, -0.05) is 211 Å². The molecular formula is C58H60N2S2. The summed E-state index contributed by atoms with van der Waals surface area (Å²) in [5.41, 5.74) is 10.3. The quantitative estimate of drug-likeness (QED) is 0.0482. The lowest BCUT2D eigenvalue weighted by Crippen LogP contribution is -2.22. The zero-order valence-corrected chi connectivity index (χ0v) is 38.3. The fraction of sp³-hybridized carbons (Fsp3) is 0.276. The van der Waals surface area contributed by atoms with E-state index < -0.39 is 0 Å². The van der Waals surface area contributed by atoms with Gasteiger partial charge in [0.25, 0.3) is 0 Å². The van der Waals surface area contributed by atoms with Crippen molar-refractivity contribution in [2.45, 2.75) is 110 Å². The fourth-order valence-electron chi connectivity index (χ4n) is 9.40. The van der Waals surface area contributed by atoms with E-state index in [-0.39, 0.29) is 0 Å². The zero-order chi connectivity index (χ0) is 42.1. The van der Waals surface area contributed by atoms with Gasteiger partial charge in [-0.2, -0.15) is 0 Å². The molecule has 2 nitrogen and oxygen atoms in total. The van der Waals surface area contributed by atoms with Crippen molar-refractivity contribution in [2.24, 2.45) is 0 Å². The highest BCUT2D eigenvalue weighted by Gasteiger charge is 2.24. The Labute approximate surface area is 379 Å². The Kier molecular flexibility index (Phi) is 13.8. The third-order valence-corrected chi connectivity index (χ3v) is 14.9. The number of nitrogens with zero attached hydrogens (tertiary/aromatic N) is 2. The zero-order valence-electron chi connectivity index (χ0n) is 36.6. The number of rotatable bonds is 18. The Morgan fingerprint density at radius 1 is 0.355 bits per heavy atom. The molecule has 4 heteroatoms. The molecule has 2 aliphatic rings. The molecule has 0 bridgehead atoms. The van der Waals surface area contributed by atoms with Gasteiger partial charge in [0.1, 0.15) is 0 Å². The first-order valence-corrected chi connectivity index (χ1v) is 25.0. The maximum atomic E-state index is 2.57. The van der Waals surface area contributed by atoms with Gasteiger partial charge >= 0.3 is 0 Å². The van der Waals surface area contributed by atoms with Crippen molar-refractivity contribution in [2.75, 3.05) is 22.9 Å². The van der Waals surface area contributed by atoms with Gasteiger partial charge in [0.15, 0.2) is 0 Å². The SMILES string of the molecule is CCCCCCCCN1c2ccccc2Sc2cc(/C=C/c3c4ccccc4c(/C=C/c4ccc5c(c4)Sc4ccccc4N5CCCCCCCC)c4ccccc34)ccc21. The van der Waals surface area contributed by atoms with Crippen LogP contribution < -0.4 is 9.80 Å². The van der Waals surface area contributed by atoms with Crippen molar-refractivity contribution in [3.05, 3.63) is 156 Å². The van der Waals surface area contributed by atoms with Crippen LogP contribution in [0.4, 0.5) is 22.7 Å². The van der Waals surface area contributed by atoms with E-state index in [4.69, 9.17) is 0 Å². The molecule has 0 atom stereocenters. The monoisotopic (exact) mass is 848 g/mol. The summed E-state index contributed by atoms with van der Waals surface area (Å²) >= 11 is 3.81. The van der Waals surface area contributed by atoms with Crippen LogP contribution in [0.15, 0.2) is 153 Å². The van der Waals surface area contributed by atoms with Crippen molar-refractivity contribution in [3.63, 3.8) is 0 Å². The van der Waals surface area contributed by atoms with Gasteiger partial charge in [-0.3, -0.25) is 0 Å². The lowest BCUT2D eigenvalue weighted by atomic mass is 9.91. The molecule has 0 aromatic heterocycles. The van der Waals surface area contributed by atoms with Gasteiger partial charge in [-0.05, 0) is 105 Å². The van der Waals surface area contributed by atoms with E-state index in [0.717, 1.165) is 13.1 Å². The minimum atomic E-state index is 1.06. The molecule has 0 saturated carbocycles. The van der Waals surface area contributed by atoms with E-state index in [0.29, 0.717) is 0 Å². The first-order chi connectivity index (χ1) is 30.7. The summed E-state index contributed by atoms with van der Waals surface area (Å²) < 4.78 is 0. The van der Waals surface area contributed by atoms with E-state index in [1.165, 1.54) is 163 Å². The number of fused-ring (bicyclic) bond motifs is 6. The molecule has 2 heterocycles. The van der Waals surface area contributed by atoms with E-state index in [2.05, 4.69) is 181 Å². The molecule has 7 aromatic carbocycles. The predicted octanol–water partition coefficient (Wildman–Crippen LogP) is 18.3. The molecule has 0 amide bonds. The summed E-state index contributed by atoms with van der Waals surface area (Å²) in [5, 5.41) is 5.10. The largest absolute Gasteiger partial charge is 0.340 e. The highest BCUT2D eigenvalue weighted by atomic mass is 32.2. The summed E-state index contributed by atoms with van der Waals surface area (Å²) in [7, 11) is 0. The van der Waals surface area contributed by atoms with E-state index >= 15 is 0 Å². The van der Waals surface area contributed by atoms with Gasteiger partial charge in [0.05, 0.1) is 22.7 Å². The minimum Gasteiger partial charge on any atom is -0.340 e. The molecule has 2 aliphatic heterocycles. The minimum absolute atomic E-state index is 1.06. The topological polar surface area (TPSA) is 6.48 Å². The van der Waals surface area contributed by atoms with Crippen LogP contribution in [0.2, 0.25) is 0 Å². The summed E-state index contributed by atoms with van der Waals surface area (Å²) in [5.74, 6) is 0. The molecule has 7 aromatic rings. The fourth-order valence-corrected chi connectivity index (χ4v) is 11.7. The first-order valence-electron chi connectivity index (χ1n) is 23.4. The van der Waals surface area contributed by atoms with Crippen molar-refractivity contribution < 1.29 is 0 Å². The normalized spacial score (nSPS) is 13.3. The highest BCUT2D eigenvalue weighted by molar-refractivity contribution is 8.00. The van der Waals surface area contributed by atoms with Gasteiger partial charge < -0.3 is 9.80 Å². The van der Waals surface area contributed by atoms with E-state index in [1.807, 2.05) is 23.5 Å². The van der Waals surface area contributed by atoms with Crippen molar-refractivity contribution in [3.8, 4) is 0 Å². The Morgan fingerprint density at radius 3 is 1.13 bits per heavy atom. The average molecular weight is 849 g/mol. The number of anilines is 4. The van der Waals surface area contributed by atoms with Crippen molar-refractivity contribution in [1.82, 2.24) is 0 Å². The van der Waals surface area contributed by atoms with Crippen LogP contribution in [-0.4, -0.2) is 13.1 Å². The Morgan fingerprint density at radius 2 is 0.710 bits per heavy atom. The smallest absolute Gasteiger partial charge is 0.0553 e.